The molecule has 1 aliphatic rings. The molecule has 0 radical (unpaired) electrons. The van der Waals surface area contributed by atoms with Gasteiger partial charge in [0.05, 0.1) is 12.1 Å². The van der Waals surface area contributed by atoms with Gasteiger partial charge in [0.25, 0.3) is 0 Å². The Labute approximate surface area is 77.2 Å². The first kappa shape index (κ1) is 10.3. The van der Waals surface area contributed by atoms with Gasteiger partial charge < -0.3 is 20.9 Å². The molecule has 0 aromatic rings. The predicted octanol–water partition coefficient (Wildman–Crippen LogP) is 0.149. The molecule has 5 heteroatoms. The molecule has 0 heterocycles. The van der Waals surface area contributed by atoms with E-state index in [0.717, 1.165) is 12.8 Å². The topological polar surface area (TPSA) is 84.6 Å². The van der Waals surface area contributed by atoms with E-state index in [1.54, 1.807) is 7.11 Å². The quantitative estimate of drug-likeness (QED) is 0.576. The molecule has 0 unspecified atom stereocenters. The molecule has 0 aromatic carbocycles. The second kappa shape index (κ2) is 4.43. The molecule has 0 aliphatic heterocycles. The fraction of sp³-hybridized carbons (Fsp3) is 0.875. The number of ether oxygens (including phenoxy) is 1. The van der Waals surface area contributed by atoms with E-state index in [1.807, 2.05) is 0 Å². The number of amides is 1. The van der Waals surface area contributed by atoms with Gasteiger partial charge in [0.2, 0.25) is 0 Å². The van der Waals surface area contributed by atoms with Crippen molar-refractivity contribution in [1.29, 1.82) is 0 Å². The van der Waals surface area contributed by atoms with Crippen LogP contribution in [0.25, 0.3) is 0 Å². The van der Waals surface area contributed by atoms with Gasteiger partial charge in [0.15, 0.2) is 0 Å². The molecule has 1 rings (SSSR count). The van der Waals surface area contributed by atoms with Crippen LogP contribution in [0.5, 0.6) is 0 Å². The largest absolute Gasteiger partial charge is 0.465 e. The summed E-state index contributed by atoms with van der Waals surface area (Å²) in [5.74, 6) is 0. The van der Waals surface area contributed by atoms with Crippen LogP contribution >= 0.6 is 0 Å². The Morgan fingerprint density at radius 3 is 2.85 bits per heavy atom. The zero-order valence-corrected chi connectivity index (χ0v) is 7.69. The maximum atomic E-state index is 10.4. The lowest BCUT2D eigenvalue weighted by atomic mass is 9.89. The summed E-state index contributed by atoms with van der Waals surface area (Å²) in [7, 11) is 1.60. The smallest absolute Gasteiger partial charge is 0.404 e. The molecule has 1 amide bonds. The molecule has 4 N–H and O–H groups in total. The van der Waals surface area contributed by atoms with Gasteiger partial charge in [-0.1, -0.05) is 0 Å². The molecule has 3 atom stereocenters. The standard InChI is InChI=1S/C8H16N2O3/c1-13-7-3-2-5(9)4-6(7)10-8(11)12/h5-7,10H,2-4,9H2,1H3,(H,11,12)/t5-,6-,7-/m0/s1. The first-order valence-electron chi connectivity index (χ1n) is 4.41. The van der Waals surface area contributed by atoms with Crippen LogP contribution in [0.1, 0.15) is 19.3 Å². The highest BCUT2D eigenvalue weighted by molar-refractivity contribution is 5.65. The van der Waals surface area contributed by atoms with Crippen LogP contribution in [-0.4, -0.2) is 36.5 Å². The molecule has 1 saturated carbocycles. The zero-order valence-electron chi connectivity index (χ0n) is 7.69. The lowest BCUT2D eigenvalue weighted by molar-refractivity contribution is 0.0376. The Balaban J connectivity index is 2.49. The van der Waals surface area contributed by atoms with Gasteiger partial charge in [-0.3, -0.25) is 0 Å². The van der Waals surface area contributed by atoms with Crippen LogP contribution < -0.4 is 11.1 Å². The van der Waals surface area contributed by atoms with Gasteiger partial charge in [-0.05, 0) is 19.3 Å². The minimum Gasteiger partial charge on any atom is -0.465 e. The number of nitrogens with two attached hydrogens (primary N) is 1. The van der Waals surface area contributed by atoms with E-state index in [-0.39, 0.29) is 18.2 Å². The number of carbonyl (C=O) groups is 1. The number of carboxylic acid groups (broad SMARTS) is 1. The van der Waals surface area contributed by atoms with Crippen molar-refractivity contribution < 1.29 is 14.6 Å². The first-order valence-corrected chi connectivity index (χ1v) is 4.41. The average Bonchev–Trinajstić information content (AvgIpc) is 2.03. The van der Waals surface area contributed by atoms with Crippen molar-refractivity contribution in [3.63, 3.8) is 0 Å². The maximum Gasteiger partial charge on any atom is 0.404 e. The number of nitrogens with one attached hydrogen (secondary N) is 1. The van der Waals surface area contributed by atoms with Crippen LogP contribution in [0.3, 0.4) is 0 Å². The third-order valence-corrected chi connectivity index (χ3v) is 2.44. The monoisotopic (exact) mass is 188 g/mol. The van der Waals surface area contributed by atoms with E-state index < -0.39 is 6.09 Å². The summed E-state index contributed by atoms with van der Waals surface area (Å²) in [6.07, 6.45) is 1.33. The summed E-state index contributed by atoms with van der Waals surface area (Å²) in [5, 5.41) is 11.0. The summed E-state index contributed by atoms with van der Waals surface area (Å²) >= 11 is 0. The molecule has 0 bridgehead atoms. The predicted molar refractivity (Wildman–Crippen MR) is 47.6 cm³/mol. The van der Waals surface area contributed by atoms with Crippen molar-refractivity contribution >= 4 is 6.09 Å². The molecule has 1 fully saturated rings. The lowest BCUT2D eigenvalue weighted by Crippen LogP contribution is -2.50. The van der Waals surface area contributed by atoms with Crippen LogP contribution in [0.4, 0.5) is 4.79 Å². The minimum absolute atomic E-state index is 0.0316. The lowest BCUT2D eigenvalue weighted by Gasteiger charge is -2.33. The summed E-state index contributed by atoms with van der Waals surface area (Å²) in [4.78, 5) is 10.4. The van der Waals surface area contributed by atoms with Gasteiger partial charge >= 0.3 is 6.09 Å². The highest BCUT2D eigenvalue weighted by Crippen LogP contribution is 2.19. The Morgan fingerprint density at radius 2 is 2.31 bits per heavy atom. The van der Waals surface area contributed by atoms with E-state index in [1.165, 1.54) is 0 Å². The van der Waals surface area contributed by atoms with Crippen molar-refractivity contribution in [1.82, 2.24) is 5.32 Å². The molecule has 1 aliphatic carbocycles. The summed E-state index contributed by atoms with van der Waals surface area (Å²) in [6.45, 7) is 0. The van der Waals surface area contributed by atoms with Crippen molar-refractivity contribution in [2.45, 2.75) is 37.5 Å². The fourth-order valence-electron chi connectivity index (χ4n) is 1.77. The van der Waals surface area contributed by atoms with Crippen LogP contribution in [0.2, 0.25) is 0 Å². The summed E-state index contributed by atoms with van der Waals surface area (Å²) in [6, 6.07) is -0.0745. The SMILES string of the molecule is CO[C@H]1CC[C@H](N)C[C@@H]1NC(=O)O. The van der Waals surface area contributed by atoms with Crippen LogP contribution in [-0.2, 0) is 4.74 Å². The number of methoxy groups -OCH3 is 1. The molecule has 0 saturated heterocycles. The molecular formula is C8H16N2O3. The van der Waals surface area contributed by atoms with E-state index in [2.05, 4.69) is 5.32 Å². The fourth-order valence-corrected chi connectivity index (χ4v) is 1.77. The van der Waals surface area contributed by atoms with Gasteiger partial charge in [-0.2, -0.15) is 0 Å². The second-order valence-electron chi connectivity index (χ2n) is 3.40. The molecule has 0 aromatic heterocycles. The Bertz CT molecular complexity index is 186. The molecule has 76 valence electrons. The van der Waals surface area contributed by atoms with Crippen molar-refractivity contribution in [3.8, 4) is 0 Å². The van der Waals surface area contributed by atoms with Gasteiger partial charge in [-0.15, -0.1) is 0 Å². The van der Waals surface area contributed by atoms with Crippen LogP contribution in [0.15, 0.2) is 0 Å². The van der Waals surface area contributed by atoms with Gasteiger partial charge in [0, 0.05) is 13.2 Å². The third kappa shape index (κ3) is 2.86. The third-order valence-electron chi connectivity index (χ3n) is 2.44. The Morgan fingerprint density at radius 1 is 1.62 bits per heavy atom. The minimum atomic E-state index is -1.01. The zero-order chi connectivity index (χ0) is 9.84. The number of hydrogen-bond acceptors (Lipinski definition) is 3. The average molecular weight is 188 g/mol. The number of rotatable bonds is 2. The van der Waals surface area contributed by atoms with Crippen LogP contribution in [0, 0.1) is 0 Å². The number of hydrogen-bond donors (Lipinski definition) is 3. The Hall–Kier alpha value is -0.810. The highest BCUT2D eigenvalue weighted by atomic mass is 16.5. The summed E-state index contributed by atoms with van der Waals surface area (Å²) < 4.78 is 5.17. The molecule has 0 spiro atoms. The molecule has 13 heavy (non-hydrogen) atoms. The highest BCUT2D eigenvalue weighted by Gasteiger charge is 2.29. The second-order valence-corrected chi connectivity index (χ2v) is 3.40. The molecular weight excluding hydrogens is 172 g/mol. The normalized spacial score (nSPS) is 34.2. The van der Waals surface area contributed by atoms with Crippen molar-refractivity contribution in [2.75, 3.05) is 7.11 Å². The van der Waals surface area contributed by atoms with Gasteiger partial charge in [-0.25, -0.2) is 4.79 Å². The molecule has 5 nitrogen and oxygen atoms in total. The van der Waals surface area contributed by atoms with E-state index in [4.69, 9.17) is 15.6 Å². The van der Waals surface area contributed by atoms with Crippen molar-refractivity contribution in [2.24, 2.45) is 5.73 Å². The van der Waals surface area contributed by atoms with E-state index in [0.29, 0.717) is 6.42 Å². The van der Waals surface area contributed by atoms with Gasteiger partial charge in [0.1, 0.15) is 0 Å². The summed E-state index contributed by atoms with van der Waals surface area (Å²) in [5.41, 5.74) is 5.73. The maximum absolute atomic E-state index is 10.4. The van der Waals surface area contributed by atoms with Crippen molar-refractivity contribution in [3.05, 3.63) is 0 Å². The van der Waals surface area contributed by atoms with E-state index >= 15 is 0 Å². The van der Waals surface area contributed by atoms with E-state index in [9.17, 15) is 4.79 Å². The first-order chi connectivity index (χ1) is 6.13. The Kier molecular flexibility index (Phi) is 3.50.